The Labute approximate surface area is 436 Å². The van der Waals surface area contributed by atoms with E-state index >= 15 is 0 Å². The predicted octanol–water partition coefficient (Wildman–Crippen LogP) is 15.9. The van der Waals surface area contributed by atoms with Crippen molar-refractivity contribution in [2.45, 2.75) is 218 Å². The molecule has 0 aliphatic rings. The van der Waals surface area contributed by atoms with Gasteiger partial charge in [0.15, 0.2) is 0 Å². The smallest absolute Gasteiger partial charge is 0.390 e. The second-order valence-corrected chi connectivity index (χ2v) is 21.2. The molecule has 4 atom stereocenters. The number of rotatable bonds is 49. The highest BCUT2D eigenvalue weighted by Gasteiger charge is 2.31. The zero-order chi connectivity index (χ0) is 52.2. The number of nitrogens with zero attached hydrogens (tertiary/aromatic N) is 1. The van der Waals surface area contributed by atoms with Crippen LogP contribution < -0.4 is 5.32 Å². The van der Waals surface area contributed by atoms with Crippen LogP contribution in [0.4, 0.5) is 0 Å². The molecule has 9 nitrogen and oxygen atoms in total. The molecule has 0 radical (unpaired) electrons. The number of aliphatic hydroxyl groups is 2. The Morgan fingerprint density at radius 3 is 1.35 bits per heavy atom. The van der Waals surface area contributed by atoms with Crippen LogP contribution in [0.2, 0.25) is 0 Å². The van der Waals surface area contributed by atoms with E-state index in [0.29, 0.717) is 30.3 Å². The van der Waals surface area contributed by atoms with Crippen LogP contribution in [0.1, 0.15) is 200 Å². The number of carbonyl (C=O) groups is 1. The van der Waals surface area contributed by atoms with Crippen LogP contribution in [0, 0.1) is 0 Å². The predicted molar refractivity (Wildman–Crippen MR) is 305 cm³/mol. The van der Waals surface area contributed by atoms with Crippen molar-refractivity contribution in [3.05, 3.63) is 122 Å². The molecular weight excluding hydrogens is 904 g/mol. The van der Waals surface area contributed by atoms with Gasteiger partial charge in [-0.15, -0.1) is 0 Å². The molecule has 0 aromatic heterocycles. The molecule has 0 heterocycles. The Hall–Kier alpha value is -3.14. The summed E-state index contributed by atoms with van der Waals surface area (Å²) in [6.45, 7) is 4.23. The van der Waals surface area contributed by atoms with Crippen LogP contribution in [-0.2, 0) is 18.4 Å². The fourth-order valence-corrected chi connectivity index (χ4v) is 8.19. The number of hydrogen-bond donors (Lipinski definition) is 4. The molecule has 71 heavy (non-hydrogen) atoms. The Bertz CT molecular complexity index is 1580. The highest BCUT2D eigenvalue weighted by atomic mass is 31.2. The summed E-state index contributed by atoms with van der Waals surface area (Å²) in [5.41, 5.74) is 0. The molecule has 0 aliphatic heterocycles. The van der Waals surface area contributed by atoms with Crippen molar-refractivity contribution in [1.29, 1.82) is 0 Å². The standard InChI is InChI=1S/C61H105N2O7P/c1-6-8-10-12-14-16-18-20-21-22-23-24-25-26-27-28-29-30-31-32-33-34-35-36-37-38-39-40-41-42-44-46-48-50-52-54-60(65)62-58(57-70-71(67,68)69-56-55-63(3,4)5)61(66)59(64)53-51-49-47-45-43-19-17-15-13-11-9-7-2/h7-10,14-17,20-21,23-24,26-27,29-30,32-33,45,47,58-59,61,64,66H,6,11-13,18-19,22,25,28,31,34-44,46,48-57H2,1-5H3,(H-,62,65,67,68)/p+1/b9-7+,10-8-,16-14-,17-15+,21-20-,24-23-,27-26-,30-29-,33-32-,47-45+. The zero-order valence-electron chi connectivity index (χ0n) is 45.8. The van der Waals surface area contributed by atoms with Gasteiger partial charge in [-0.1, -0.05) is 199 Å². The van der Waals surface area contributed by atoms with Crippen molar-refractivity contribution in [1.82, 2.24) is 5.32 Å². The van der Waals surface area contributed by atoms with Crippen LogP contribution >= 0.6 is 7.82 Å². The molecule has 0 fully saturated rings. The van der Waals surface area contributed by atoms with E-state index in [-0.39, 0.29) is 18.9 Å². The lowest BCUT2D eigenvalue weighted by Gasteiger charge is -2.28. The minimum atomic E-state index is -4.44. The molecule has 0 aromatic carbocycles. The molecule has 0 saturated carbocycles. The summed E-state index contributed by atoms with van der Waals surface area (Å²) in [4.78, 5) is 23.3. The van der Waals surface area contributed by atoms with Gasteiger partial charge in [-0.25, -0.2) is 4.57 Å². The molecule has 0 rings (SSSR count). The van der Waals surface area contributed by atoms with E-state index in [9.17, 15) is 24.5 Å². The van der Waals surface area contributed by atoms with E-state index in [1.54, 1.807) is 0 Å². The maximum absolute atomic E-state index is 13.0. The molecule has 0 bridgehead atoms. The molecule has 406 valence electrons. The van der Waals surface area contributed by atoms with E-state index in [1.165, 1.54) is 64.2 Å². The fourth-order valence-electron chi connectivity index (χ4n) is 7.46. The van der Waals surface area contributed by atoms with Crippen LogP contribution in [-0.4, -0.2) is 84.6 Å². The molecule has 0 aromatic rings. The molecule has 0 saturated heterocycles. The van der Waals surface area contributed by atoms with Gasteiger partial charge in [-0.05, 0) is 116 Å². The minimum absolute atomic E-state index is 0.00658. The number of hydrogen-bond acceptors (Lipinski definition) is 6. The van der Waals surface area contributed by atoms with Crippen LogP contribution in [0.15, 0.2) is 122 Å². The first-order valence-electron chi connectivity index (χ1n) is 28.0. The first-order valence-corrected chi connectivity index (χ1v) is 29.4. The molecule has 10 heteroatoms. The van der Waals surface area contributed by atoms with E-state index in [2.05, 4.69) is 134 Å². The summed E-state index contributed by atoms with van der Waals surface area (Å²) < 4.78 is 23.6. The van der Waals surface area contributed by atoms with Crippen LogP contribution in [0.25, 0.3) is 0 Å². The lowest BCUT2D eigenvalue weighted by Crippen LogP contribution is -2.51. The first kappa shape index (κ1) is 67.9. The summed E-state index contributed by atoms with van der Waals surface area (Å²) in [5.74, 6) is -0.282. The third kappa shape index (κ3) is 51.6. The average Bonchev–Trinajstić information content (AvgIpc) is 3.33. The van der Waals surface area contributed by atoms with Crippen LogP contribution in [0.5, 0.6) is 0 Å². The Morgan fingerprint density at radius 2 is 0.901 bits per heavy atom. The number of carbonyl (C=O) groups excluding carboxylic acids is 1. The third-order valence-corrected chi connectivity index (χ3v) is 12.8. The monoisotopic (exact) mass is 1010 g/mol. The highest BCUT2D eigenvalue weighted by molar-refractivity contribution is 7.47. The van der Waals surface area contributed by atoms with Crippen molar-refractivity contribution < 1.29 is 38.0 Å². The summed E-state index contributed by atoms with van der Waals surface area (Å²) in [7, 11) is 1.39. The quantitative estimate of drug-likeness (QED) is 0.0207. The molecule has 0 spiro atoms. The number of unbranched alkanes of at least 4 members (excludes halogenated alkanes) is 16. The van der Waals surface area contributed by atoms with E-state index in [1.807, 2.05) is 28.1 Å². The molecular formula is C61H106N2O7P+. The van der Waals surface area contributed by atoms with Crippen LogP contribution in [0.3, 0.4) is 0 Å². The van der Waals surface area contributed by atoms with Gasteiger partial charge in [0.25, 0.3) is 0 Å². The number of likely N-dealkylation sites (N-methyl/N-ethyl adjacent to an activating group) is 1. The van der Waals surface area contributed by atoms with E-state index in [0.717, 1.165) is 96.3 Å². The topological polar surface area (TPSA) is 125 Å². The summed E-state index contributed by atoms with van der Waals surface area (Å²) in [6, 6.07) is -1.07. The molecule has 1 amide bonds. The van der Waals surface area contributed by atoms with Crippen molar-refractivity contribution >= 4 is 13.7 Å². The van der Waals surface area contributed by atoms with Gasteiger partial charge in [0.2, 0.25) is 5.91 Å². The summed E-state index contributed by atoms with van der Waals surface area (Å²) >= 11 is 0. The van der Waals surface area contributed by atoms with Gasteiger partial charge in [0.1, 0.15) is 19.3 Å². The van der Waals surface area contributed by atoms with Crippen molar-refractivity contribution in [3.63, 3.8) is 0 Å². The number of phosphoric ester groups is 1. The third-order valence-electron chi connectivity index (χ3n) is 11.8. The largest absolute Gasteiger partial charge is 0.472 e. The second-order valence-electron chi connectivity index (χ2n) is 19.7. The Balaban J connectivity index is 4.17. The van der Waals surface area contributed by atoms with Gasteiger partial charge >= 0.3 is 7.82 Å². The molecule has 4 N–H and O–H groups in total. The number of quaternary nitrogens is 1. The van der Waals surface area contributed by atoms with Gasteiger partial charge in [-0.3, -0.25) is 13.8 Å². The van der Waals surface area contributed by atoms with Gasteiger partial charge in [0.05, 0.1) is 39.9 Å². The molecule has 4 unspecified atom stereocenters. The fraction of sp³-hybridized carbons (Fsp3) is 0.656. The molecule has 0 aliphatic carbocycles. The van der Waals surface area contributed by atoms with E-state index in [4.69, 9.17) is 9.05 Å². The van der Waals surface area contributed by atoms with Gasteiger partial charge < -0.3 is 24.9 Å². The highest BCUT2D eigenvalue weighted by Crippen LogP contribution is 2.43. The normalized spacial score (nSPS) is 15.3. The zero-order valence-corrected chi connectivity index (χ0v) is 46.7. The van der Waals surface area contributed by atoms with Gasteiger partial charge in [-0.2, -0.15) is 0 Å². The average molecular weight is 1010 g/mol. The lowest BCUT2D eigenvalue weighted by atomic mass is 10.0. The van der Waals surface area contributed by atoms with Crippen molar-refractivity contribution in [2.75, 3.05) is 40.9 Å². The second kappa shape index (κ2) is 50.4. The number of phosphoric acid groups is 1. The Morgan fingerprint density at radius 1 is 0.521 bits per heavy atom. The number of nitrogens with one attached hydrogen (secondary N) is 1. The number of allylic oxidation sites excluding steroid dienone is 20. The summed E-state index contributed by atoms with van der Waals surface area (Å²) in [6.07, 6.45) is 71.6. The minimum Gasteiger partial charge on any atom is -0.390 e. The maximum atomic E-state index is 13.0. The lowest BCUT2D eigenvalue weighted by molar-refractivity contribution is -0.870. The Kier molecular flexibility index (Phi) is 48.2. The van der Waals surface area contributed by atoms with Crippen molar-refractivity contribution in [2.24, 2.45) is 0 Å². The summed E-state index contributed by atoms with van der Waals surface area (Å²) in [5, 5.41) is 24.7. The van der Waals surface area contributed by atoms with Gasteiger partial charge in [0, 0.05) is 6.42 Å². The number of amides is 1. The van der Waals surface area contributed by atoms with Crippen molar-refractivity contribution in [3.8, 4) is 0 Å². The van der Waals surface area contributed by atoms with E-state index < -0.39 is 32.7 Å². The first-order chi connectivity index (χ1) is 34.4. The SMILES string of the molecule is C/C=C/CC/C=C/CC/C=C/CCCC(O)C(O)C(COP(=O)(O)OCC[N+](C)(C)C)NC(=O)CCCCCCCCCCCCCCC/C=C\C/C=C\C/C=C\C/C=C\C/C=C\C/C=C\C/C=C\CC. The maximum Gasteiger partial charge on any atom is 0.472 e. The number of aliphatic hydroxyl groups excluding tert-OH is 2.